The Morgan fingerprint density at radius 2 is 2.00 bits per heavy atom. The van der Waals surface area contributed by atoms with Crippen LogP contribution in [0.15, 0.2) is 28.7 Å². The molecule has 0 N–H and O–H groups in total. The van der Waals surface area contributed by atoms with Crippen molar-refractivity contribution < 1.29 is 0 Å². The monoisotopic (exact) mass is 280 g/mol. The standard InChI is InChI=1S/C13H17BrN2/c1-4-16-12(9-15(2)3)7-10-5-6-11(14)8-13(10)16/h5-8H,4,9H2,1-3H3. The predicted octanol–water partition coefficient (Wildman–Crippen LogP) is 3.49. The summed E-state index contributed by atoms with van der Waals surface area (Å²) < 4.78 is 3.52. The largest absolute Gasteiger partial charge is 0.344 e. The van der Waals surface area contributed by atoms with E-state index in [2.05, 4.69) is 70.7 Å². The van der Waals surface area contributed by atoms with Crippen LogP contribution in [0, 0.1) is 0 Å². The zero-order valence-electron chi connectivity index (χ0n) is 10.00. The van der Waals surface area contributed by atoms with Gasteiger partial charge in [0.2, 0.25) is 0 Å². The molecule has 0 bridgehead atoms. The Labute approximate surface area is 105 Å². The van der Waals surface area contributed by atoms with Crippen LogP contribution < -0.4 is 0 Å². The molecule has 2 rings (SSSR count). The van der Waals surface area contributed by atoms with Gasteiger partial charge in [0.15, 0.2) is 0 Å². The molecule has 3 heteroatoms. The van der Waals surface area contributed by atoms with Crippen molar-refractivity contribution in [2.45, 2.75) is 20.0 Å². The smallest absolute Gasteiger partial charge is 0.0494 e. The number of fused-ring (bicyclic) bond motifs is 1. The maximum Gasteiger partial charge on any atom is 0.0494 e. The van der Waals surface area contributed by atoms with Gasteiger partial charge in [-0.2, -0.15) is 0 Å². The first-order valence-corrected chi connectivity index (χ1v) is 6.33. The highest BCUT2D eigenvalue weighted by Crippen LogP contribution is 2.24. The van der Waals surface area contributed by atoms with Crippen LogP contribution in [0.4, 0.5) is 0 Å². The lowest BCUT2D eigenvalue weighted by molar-refractivity contribution is 0.389. The summed E-state index contributed by atoms with van der Waals surface area (Å²) in [5.74, 6) is 0. The molecule has 0 aliphatic heterocycles. The van der Waals surface area contributed by atoms with Crippen molar-refractivity contribution in [3.8, 4) is 0 Å². The fourth-order valence-corrected chi connectivity index (χ4v) is 2.46. The SMILES string of the molecule is CCn1c(CN(C)C)cc2ccc(Br)cc21. The number of hydrogen-bond donors (Lipinski definition) is 0. The quantitative estimate of drug-likeness (QED) is 0.836. The van der Waals surface area contributed by atoms with Crippen LogP contribution >= 0.6 is 15.9 Å². The van der Waals surface area contributed by atoms with Crippen molar-refractivity contribution >= 4 is 26.8 Å². The fraction of sp³-hybridized carbons (Fsp3) is 0.385. The van der Waals surface area contributed by atoms with Crippen LogP contribution in [0.25, 0.3) is 10.9 Å². The minimum absolute atomic E-state index is 0.986. The van der Waals surface area contributed by atoms with Crippen LogP contribution in [-0.2, 0) is 13.1 Å². The molecular formula is C13H17BrN2. The maximum atomic E-state index is 3.53. The van der Waals surface area contributed by atoms with E-state index in [-0.39, 0.29) is 0 Å². The third kappa shape index (κ3) is 2.15. The van der Waals surface area contributed by atoms with Gasteiger partial charge in [0.05, 0.1) is 0 Å². The second-order valence-corrected chi connectivity index (χ2v) is 5.24. The highest BCUT2D eigenvalue weighted by Gasteiger charge is 2.08. The number of hydrogen-bond acceptors (Lipinski definition) is 1. The molecule has 0 saturated heterocycles. The highest BCUT2D eigenvalue weighted by molar-refractivity contribution is 9.10. The second kappa shape index (κ2) is 4.60. The van der Waals surface area contributed by atoms with E-state index in [0.29, 0.717) is 0 Å². The Kier molecular flexibility index (Phi) is 3.36. The Hall–Kier alpha value is -0.800. The minimum atomic E-state index is 0.986. The lowest BCUT2D eigenvalue weighted by Gasteiger charge is -2.12. The van der Waals surface area contributed by atoms with Crippen molar-refractivity contribution in [1.29, 1.82) is 0 Å². The van der Waals surface area contributed by atoms with E-state index in [1.165, 1.54) is 16.6 Å². The molecule has 86 valence electrons. The van der Waals surface area contributed by atoms with E-state index in [1.54, 1.807) is 0 Å². The molecule has 0 unspecified atom stereocenters. The van der Waals surface area contributed by atoms with Crippen LogP contribution in [0.3, 0.4) is 0 Å². The van der Waals surface area contributed by atoms with Crippen LogP contribution in [0.5, 0.6) is 0 Å². The number of aryl methyl sites for hydroxylation is 1. The Bertz CT molecular complexity index is 500. The number of halogens is 1. The van der Waals surface area contributed by atoms with Crippen LogP contribution in [0.1, 0.15) is 12.6 Å². The number of aromatic nitrogens is 1. The summed E-state index contributed by atoms with van der Waals surface area (Å²) in [6.07, 6.45) is 0. The van der Waals surface area contributed by atoms with E-state index in [4.69, 9.17) is 0 Å². The molecular weight excluding hydrogens is 264 g/mol. The van der Waals surface area contributed by atoms with Gasteiger partial charge in [-0.25, -0.2) is 0 Å². The molecule has 0 atom stereocenters. The average molecular weight is 281 g/mol. The zero-order valence-corrected chi connectivity index (χ0v) is 11.6. The van der Waals surface area contributed by atoms with Crippen molar-refractivity contribution in [3.63, 3.8) is 0 Å². The molecule has 16 heavy (non-hydrogen) atoms. The van der Waals surface area contributed by atoms with E-state index < -0.39 is 0 Å². The molecule has 0 amide bonds. The van der Waals surface area contributed by atoms with Gasteiger partial charge in [-0.1, -0.05) is 22.0 Å². The van der Waals surface area contributed by atoms with Crippen molar-refractivity contribution in [2.75, 3.05) is 14.1 Å². The van der Waals surface area contributed by atoms with Gasteiger partial charge < -0.3 is 9.47 Å². The highest BCUT2D eigenvalue weighted by atomic mass is 79.9. The normalized spacial score (nSPS) is 11.6. The Balaban J connectivity index is 2.57. The van der Waals surface area contributed by atoms with Gasteiger partial charge in [0, 0.05) is 28.8 Å². The predicted molar refractivity (Wildman–Crippen MR) is 72.7 cm³/mol. The summed E-state index contributed by atoms with van der Waals surface area (Å²) in [5.41, 5.74) is 2.69. The van der Waals surface area contributed by atoms with Crippen molar-refractivity contribution in [1.82, 2.24) is 9.47 Å². The molecule has 2 aromatic rings. The summed E-state index contributed by atoms with van der Waals surface area (Å²) in [5, 5.41) is 1.32. The lowest BCUT2D eigenvalue weighted by atomic mass is 10.2. The van der Waals surface area contributed by atoms with Crippen molar-refractivity contribution in [3.05, 3.63) is 34.4 Å². The Morgan fingerprint density at radius 1 is 1.25 bits per heavy atom. The number of benzene rings is 1. The molecule has 1 aromatic carbocycles. The third-order valence-electron chi connectivity index (χ3n) is 2.75. The third-order valence-corrected chi connectivity index (χ3v) is 3.24. The lowest BCUT2D eigenvalue weighted by Crippen LogP contribution is -2.14. The molecule has 2 nitrogen and oxygen atoms in total. The van der Waals surface area contributed by atoms with Gasteiger partial charge >= 0.3 is 0 Å². The first kappa shape index (κ1) is 11.7. The molecule has 0 fully saturated rings. The Morgan fingerprint density at radius 3 is 2.62 bits per heavy atom. The summed E-state index contributed by atoms with van der Waals surface area (Å²) in [6.45, 7) is 4.20. The van der Waals surface area contributed by atoms with E-state index in [9.17, 15) is 0 Å². The van der Waals surface area contributed by atoms with E-state index in [0.717, 1.165) is 17.6 Å². The van der Waals surface area contributed by atoms with Crippen molar-refractivity contribution in [2.24, 2.45) is 0 Å². The summed E-state index contributed by atoms with van der Waals surface area (Å²) >= 11 is 3.53. The van der Waals surface area contributed by atoms with Gasteiger partial charge in [-0.05, 0) is 44.6 Å². The molecule has 1 aromatic heterocycles. The van der Waals surface area contributed by atoms with E-state index in [1.807, 2.05) is 0 Å². The minimum Gasteiger partial charge on any atom is -0.344 e. The second-order valence-electron chi connectivity index (χ2n) is 4.32. The van der Waals surface area contributed by atoms with Gasteiger partial charge in [-0.15, -0.1) is 0 Å². The first-order chi connectivity index (χ1) is 7.61. The molecule has 0 saturated carbocycles. The van der Waals surface area contributed by atoms with Gasteiger partial charge in [0.1, 0.15) is 0 Å². The van der Waals surface area contributed by atoms with E-state index >= 15 is 0 Å². The molecule has 0 aliphatic carbocycles. The topological polar surface area (TPSA) is 8.17 Å². The summed E-state index contributed by atoms with van der Waals surface area (Å²) in [6, 6.07) is 8.75. The maximum absolute atomic E-state index is 3.53. The molecule has 1 heterocycles. The fourth-order valence-electron chi connectivity index (χ4n) is 2.11. The number of rotatable bonds is 3. The number of nitrogens with zero attached hydrogens (tertiary/aromatic N) is 2. The molecule has 0 aliphatic rings. The van der Waals surface area contributed by atoms with Gasteiger partial charge in [-0.3, -0.25) is 0 Å². The van der Waals surface area contributed by atoms with Crippen LogP contribution in [-0.4, -0.2) is 23.6 Å². The van der Waals surface area contributed by atoms with Gasteiger partial charge in [0.25, 0.3) is 0 Å². The summed E-state index contributed by atoms with van der Waals surface area (Å²) in [4.78, 5) is 2.20. The molecule has 0 radical (unpaired) electrons. The molecule has 0 spiro atoms. The summed E-state index contributed by atoms with van der Waals surface area (Å²) in [7, 11) is 4.21. The zero-order chi connectivity index (χ0) is 11.7. The van der Waals surface area contributed by atoms with Crippen LogP contribution in [0.2, 0.25) is 0 Å². The average Bonchev–Trinajstić information content (AvgIpc) is 2.53. The first-order valence-electron chi connectivity index (χ1n) is 5.54.